The summed E-state index contributed by atoms with van der Waals surface area (Å²) < 4.78 is 55.3. The fourth-order valence-corrected chi connectivity index (χ4v) is 5.39. The molecule has 2 fully saturated rings. The van der Waals surface area contributed by atoms with Crippen LogP contribution in [0.4, 0.5) is 30.8 Å². The summed E-state index contributed by atoms with van der Waals surface area (Å²) in [6.45, 7) is 3.01. The average Bonchev–Trinajstić information content (AvgIpc) is 3.60. The van der Waals surface area contributed by atoms with E-state index >= 15 is 0 Å². The number of likely N-dealkylation sites (tertiary alicyclic amines) is 1. The predicted molar refractivity (Wildman–Crippen MR) is 165 cm³/mol. The molecule has 1 amide bonds. The van der Waals surface area contributed by atoms with Crippen molar-refractivity contribution in [3.05, 3.63) is 65.7 Å². The van der Waals surface area contributed by atoms with Crippen molar-refractivity contribution in [2.45, 2.75) is 38.4 Å². The molecule has 3 aliphatic heterocycles. The maximum Gasteiger partial charge on any atom is 0.422 e. The smallest absolute Gasteiger partial charge is 0.422 e. The summed E-state index contributed by atoms with van der Waals surface area (Å²) in [5.74, 6) is 0.667. The molecule has 1 saturated heterocycles. The molecule has 4 heterocycles. The number of amides is 1. The van der Waals surface area contributed by atoms with Crippen molar-refractivity contribution in [3.8, 4) is 17.5 Å². The Morgan fingerprint density at radius 2 is 1.72 bits per heavy atom. The number of carbonyl (C=O) groups is 1. The first-order valence-corrected chi connectivity index (χ1v) is 15.3. The number of aromatic nitrogens is 3. The topological polar surface area (TPSA) is 123 Å². The summed E-state index contributed by atoms with van der Waals surface area (Å²) in [7, 11) is 0. The number of anilines is 3. The van der Waals surface area contributed by atoms with Gasteiger partial charge in [-0.05, 0) is 80.8 Å². The van der Waals surface area contributed by atoms with E-state index in [0.29, 0.717) is 35.9 Å². The molecular weight excluding hydrogens is 603 g/mol. The lowest BCUT2D eigenvalue weighted by atomic mass is 10.1. The molecule has 3 aromatic rings. The zero-order valence-corrected chi connectivity index (χ0v) is 25.2. The molecule has 14 heteroatoms. The quantitative estimate of drug-likeness (QED) is 0.301. The third-order valence-corrected chi connectivity index (χ3v) is 8.02. The van der Waals surface area contributed by atoms with Crippen molar-refractivity contribution in [1.29, 1.82) is 0 Å². The molecule has 7 rings (SSSR count). The molecule has 0 spiro atoms. The van der Waals surface area contributed by atoms with Crippen molar-refractivity contribution < 1.29 is 32.2 Å². The minimum absolute atomic E-state index is 0.00697. The van der Waals surface area contributed by atoms with Crippen LogP contribution in [0.25, 0.3) is 0 Å². The van der Waals surface area contributed by atoms with Gasteiger partial charge in [-0.25, -0.2) is 0 Å². The van der Waals surface area contributed by atoms with E-state index in [-0.39, 0.29) is 36.4 Å². The lowest BCUT2D eigenvalue weighted by molar-refractivity contribution is -0.154. The van der Waals surface area contributed by atoms with Crippen molar-refractivity contribution >= 4 is 23.5 Å². The minimum Gasteiger partial charge on any atom is -0.490 e. The molecule has 1 aromatic heterocycles. The van der Waals surface area contributed by atoms with Gasteiger partial charge in [-0.1, -0.05) is 12.1 Å². The Bertz CT molecular complexity index is 1540. The second-order valence-electron chi connectivity index (χ2n) is 11.8. The van der Waals surface area contributed by atoms with Crippen LogP contribution in [0, 0.1) is 5.41 Å². The summed E-state index contributed by atoms with van der Waals surface area (Å²) in [5, 5.41) is 9.10. The van der Waals surface area contributed by atoms with E-state index in [9.17, 15) is 18.0 Å². The number of fused-ring (bicyclic) bond motifs is 7. The highest BCUT2D eigenvalue weighted by molar-refractivity contribution is 5.97. The number of alkyl halides is 3. The number of ether oxygens (including phenoxy) is 3. The first-order valence-electron chi connectivity index (χ1n) is 15.3. The largest absolute Gasteiger partial charge is 0.490 e. The van der Waals surface area contributed by atoms with Crippen molar-refractivity contribution in [2.24, 2.45) is 5.41 Å². The van der Waals surface area contributed by atoms with Gasteiger partial charge in [-0.15, -0.1) is 0 Å². The number of nitrogens with one attached hydrogen (secondary N) is 3. The number of nitrogens with zero attached hydrogens (tertiary/aromatic N) is 4. The molecule has 2 aromatic carbocycles. The van der Waals surface area contributed by atoms with Crippen LogP contribution in [0.5, 0.6) is 17.5 Å². The predicted octanol–water partition coefficient (Wildman–Crippen LogP) is 5.10. The maximum atomic E-state index is 13.4. The van der Waals surface area contributed by atoms with E-state index in [1.54, 1.807) is 36.4 Å². The second kappa shape index (κ2) is 13.8. The number of hydrogen-bond acceptors (Lipinski definition) is 10. The SMILES string of the molecule is O=C(NCC1(CN2CCCC2)CC1)c1ccc2cc1OC/C=C/COc1ccc(cc1)CNc1nc(nc(OCC(F)(F)F)n1)N2. The zero-order chi connectivity index (χ0) is 32.0. The van der Waals surface area contributed by atoms with Crippen LogP contribution in [-0.4, -0.2) is 77.9 Å². The molecule has 11 nitrogen and oxygen atoms in total. The van der Waals surface area contributed by atoms with Gasteiger partial charge in [0.05, 0.1) is 5.56 Å². The summed E-state index contributed by atoms with van der Waals surface area (Å²) in [6.07, 6.45) is 3.67. The van der Waals surface area contributed by atoms with Crippen molar-refractivity contribution in [2.75, 3.05) is 56.6 Å². The Morgan fingerprint density at radius 1 is 0.978 bits per heavy atom. The van der Waals surface area contributed by atoms with Crippen molar-refractivity contribution in [3.63, 3.8) is 0 Å². The number of hydrogen-bond donors (Lipinski definition) is 3. The summed E-state index contributed by atoms with van der Waals surface area (Å²) in [6, 6.07) is 11.7. The van der Waals surface area contributed by atoms with E-state index in [4.69, 9.17) is 14.2 Å². The van der Waals surface area contributed by atoms with Gasteiger partial charge < -0.3 is 35.1 Å². The van der Waals surface area contributed by atoms with Gasteiger partial charge in [0.1, 0.15) is 24.7 Å². The highest BCUT2D eigenvalue weighted by atomic mass is 19.4. The highest BCUT2D eigenvalue weighted by Crippen LogP contribution is 2.46. The third-order valence-electron chi connectivity index (χ3n) is 8.02. The molecular formula is C32H36F3N7O4. The zero-order valence-electron chi connectivity index (χ0n) is 25.2. The standard InChI is InChI=1S/C32H36F3N7O4/c33-32(34,35)21-46-30-40-28-36-18-22-5-8-24(9-6-22)44-15-3-4-16-45-26-17-23(38-29(39-28)41-30)7-10-25(26)27(43)37-19-31(11-12-31)20-42-13-1-2-14-42/h3-10,17H,1-2,11-16,18-21H2,(H,37,43)(H2,36,38,39,40,41)/b4-3+. The van der Waals surface area contributed by atoms with Crippen LogP contribution in [0.15, 0.2) is 54.6 Å². The first kappa shape index (κ1) is 31.4. The number of carbonyl (C=O) groups excluding carboxylic acids is 1. The lowest BCUT2D eigenvalue weighted by Crippen LogP contribution is -2.37. The van der Waals surface area contributed by atoms with Crippen LogP contribution >= 0.6 is 0 Å². The monoisotopic (exact) mass is 639 g/mol. The highest BCUT2D eigenvalue weighted by Gasteiger charge is 2.44. The van der Waals surface area contributed by atoms with E-state index in [1.165, 1.54) is 12.8 Å². The Balaban J connectivity index is 1.23. The molecule has 4 aliphatic rings. The van der Waals surface area contributed by atoms with E-state index in [1.807, 2.05) is 18.2 Å². The van der Waals surface area contributed by atoms with Gasteiger partial charge in [0.25, 0.3) is 5.91 Å². The fourth-order valence-electron chi connectivity index (χ4n) is 5.39. The Kier molecular flexibility index (Phi) is 9.43. The molecule has 0 unspecified atom stereocenters. The Morgan fingerprint density at radius 3 is 2.46 bits per heavy atom. The van der Waals surface area contributed by atoms with Gasteiger partial charge in [0.15, 0.2) is 6.61 Å². The van der Waals surface area contributed by atoms with E-state index in [2.05, 4.69) is 35.8 Å². The first-order chi connectivity index (χ1) is 22.2. The Hall–Kier alpha value is -4.59. The number of halogens is 3. The van der Waals surface area contributed by atoms with E-state index in [0.717, 1.165) is 38.0 Å². The summed E-state index contributed by atoms with van der Waals surface area (Å²) in [5.41, 5.74) is 1.77. The lowest BCUT2D eigenvalue weighted by Gasteiger charge is -2.23. The second-order valence-corrected chi connectivity index (χ2v) is 11.8. The van der Waals surface area contributed by atoms with Crippen LogP contribution in [0.3, 0.4) is 0 Å². The summed E-state index contributed by atoms with van der Waals surface area (Å²) in [4.78, 5) is 28.2. The average molecular weight is 640 g/mol. The van der Waals surface area contributed by atoms with Crippen molar-refractivity contribution in [1.82, 2.24) is 25.2 Å². The normalized spacial score (nSPS) is 18.4. The maximum absolute atomic E-state index is 13.4. The van der Waals surface area contributed by atoms with Gasteiger partial charge in [0.2, 0.25) is 11.9 Å². The van der Waals surface area contributed by atoms with Gasteiger partial charge in [0, 0.05) is 36.8 Å². The third kappa shape index (κ3) is 8.77. The van der Waals surface area contributed by atoms with Crippen LogP contribution in [-0.2, 0) is 6.54 Å². The van der Waals surface area contributed by atoms with Gasteiger partial charge in [-0.2, -0.15) is 28.1 Å². The molecule has 0 radical (unpaired) electrons. The van der Waals surface area contributed by atoms with Crippen LogP contribution < -0.4 is 30.2 Å². The molecule has 6 bridgehead atoms. The molecule has 244 valence electrons. The van der Waals surface area contributed by atoms with Gasteiger partial charge in [-0.3, -0.25) is 4.79 Å². The molecule has 1 aliphatic carbocycles. The molecule has 46 heavy (non-hydrogen) atoms. The van der Waals surface area contributed by atoms with Crippen LogP contribution in [0.2, 0.25) is 0 Å². The summed E-state index contributed by atoms with van der Waals surface area (Å²) >= 11 is 0. The van der Waals surface area contributed by atoms with Crippen LogP contribution in [0.1, 0.15) is 41.6 Å². The molecule has 3 N–H and O–H groups in total. The van der Waals surface area contributed by atoms with Gasteiger partial charge >= 0.3 is 12.2 Å². The van der Waals surface area contributed by atoms with E-state index < -0.39 is 18.8 Å². The minimum atomic E-state index is -4.58. The number of rotatable bonds is 7. The molecule has 1 saturated carbocycles. The number of benzene rings is 2. The molecule has 0 atom stereocenters. The fraction of sp³-hybridized carbons (Fsp3) is 0.438. The Labute approximate surface area is 264 Å².